The van der Waals surface area contributed by atoms with Gasteiger partial charge in [0.25, 0.3) is 0 Å². The van der Waals surface area contributed by atoms with Crippen molar-refractivity contribution < 1.29 is 4.74 Å². The third kappa shape index (κ3) is 2.04. The zero-order chi connectivity index (χ0) is 11.4. The lowest BCUT2D eigenvalue weighted by atomic mass is 9.91. The van der Waals surface area contributed by atoms with Crippen molar-refractivity contribution in [3.05, 3.63) is 48.1 Å². The van der Waals surface area contributed by atoms with Crippen LogP contribution in [0.25, 0.3) is 5.57 Å². The SMILES string of the molecule is C1=CC2COc3ccccc3C(=C1)C2.CC. The van der Waals surface area contributed by atoms with Crippen molar-refractivity contribution in [2.75, 3.05) is 6.61 Å². The minimum absolute atomic E-state index is 0.558. The second-order valence-corrected chi connectivity index (χ2v) is 3.85. The summed E-state index contributed by atoms with van der Waals surface area (Å²) in [5.41, 5.74) is 2.67. The van der Waals surface area contributed by atoms with E-state index in [1.807, 2.05) is 19.9 Å². The van der Waals surface area contributed by atoms with Crippen molar-refractivity contribution in [1.82, 2.24) is 0 Å². The van der Waals surface area contributed by atoms with Gasteiger partial charge in [0, 0.05) is 11.5 Å². The lowest BCUT2D eigenvalue weighted by molar-refractivity contribution is 0.283. The molecule has 0 N–H and O–H groups in total. The lowest BCUT2D eigenvalue weighted by Crippen LogP contribution is -2.08. The molecule has 0 saturated carbocycles. The highest BCUT2D eigenvalue weighted by molar-refractivity contribution is 5.73. The van der Waals surface area contributed by atoms with Crippen LogP contribution in [0.15, 0.2) is 42.5 Å². The molecule has 16 heavy (non-hydrogen) atoms. The molecule has 0 saturated heterocycles. The van der Waals surface area contributed by atoms with Gasteiger partial charge < -0.3 is 4.74 Å². The normalized spacial score (nSPS) is 20.6. The van der Waals surface area contributed by atoms with Crippen molar-refractivity contribution in [2.24, 2.45) is 5.92 Å². The van der Waals surface area contributed by atoms with Crippen LogP contribution < -0.4 is 4.74 Å². The standard InChI is InChI=1S/C13H12O.C2H6/c1-2-7-13-12(6-1)11-5-3-4-10(8-11)9-14-13;1-2/h1-7,10H,8-9H2;1-2H3. The first kappa shape index (κ1) is 11.0. The largest absolute Gasteiger partial charge is 0.492 e. The van der Waals surface area contributed by atoms with Crippen LogP contribution in [-0.2, 0) is 0 Å². The van der Waals surface area contributed by atoms with E-state index in [0.29, 0.717) is 5.92 Å². The van der Waals surface area contributed by atoms with Gasteiger partial charge in [-0.2, -0.15) is 0 Å². The predicted octanol–water partition coefficient (Wildman–Crippen LogP) is 4.06. The Bertz CT molecular complexity index is 415. The minimum Gasteiger partial charge on any atom is -0.492 e. The zero-order valence-electron chi connectivity index (χ0n) is 9.94. The van der Waals surface area contributed by atoms with Gasteiger partial charge in [-0.1, -0.05) is 50.3 Å². The van der Waals surface area contributed by atoms with Crippen molar-refractivity contribution in [1.29, 1.82) is 0 Å². The Morgan fingerprint density at radius 2 is 2.00 bits per heavy atom. The maximum atomic E-state index is 5.77. The monoisotopic (exact) mass is 214 g/mol. The molecule has 1 heterocycles. The van der Waals surface area contributed by atoms with Crippen LogP contribution in [0.4, 0.5) is 0 Å². The third-order valence-electron chi connectivity index (χ3n) is 2.85. The summed E-state index contributed by atoms with van der Waals surface area (Å²) in [6.07, 6.45) is 7.70. The molecule has 0 amide bonds. The molecule has 3 rings (SSSR count). The molecule has 0 radical (unpaired) electrons. The maximum Gasteiger partial charge on any atom is 0.126 e. The number of rotatable bonds is 0. The Morgan fingerprint density at radius 1 is 1.19 bits per heavy atom. The summed E-state index contributed by atoms with van der Waals surface area (Å²) in [4.78, 5) is 0. The number of fused-ring (bicyclic) bond motifs is 4. The molecule has 84 valence electrons. The Kier molecular flexibility index (Phi) is 3.45. The van der Waals surface area contributed by atoms with Gasteiger partial charge in [-0.15, -0.1) is 0 Å². The average Bonchev–Trinajstić information content (AvgIpc) is 2.50. The molecule has 0 spiro atoms. The van der Waals surface area contributed by atoms with E-state index >= 15 is 0 Å². The van der Waals surface area contributed by atoms with E-state index in [1.165, 1.54) is 11.1 Å². The molecule has 1 heteroatoms. The number of allylic oxidation sites excluding steroid dienone is 3. The summed E-state index contributed by atoms with van der Waals surface area (Å²) in [5.74, 6) is 1.59. The fraction of sp³-hybridized carbons (Fsp3) is 0.333. The Labute approximate surface area is 97.4 Å². The number of para-hydroxylation sites is 1. The smallest absolute Gasteiger partial charge is 0.126 e. The van der Waals surface area contributed by atoms with E-state index in [9.17, 15) is 0 Å². The van der Waals surface area contributed by atoms with Crippen LogP contribution in [0.2, 0.25) is 0 Å². The second kappa shape index (κ2) is 5.02. The topological polar surface area (TPSA) is 9.23 Å². The first-order chi connectivity index (χ1) is 7.93. The van der Waals surface area contributed by atoms with Crippen LogP contribution in [0.1, 0.15) is 25.8 Å². The first-order valence-corrected chi connectivity index (χ1v) is 6.03. The lowest BCUT2D eigenvalue weighted by Gasteiger charge is -2.12. The summed E-state index contributed by atoms with van der Waals surface area (Å²) in [6.45, 7) is 4.81. The Morgan fingerprint density at radius 3 is 2.88 bits per heavy atom. The summed E-state index contributed by atoms with van der Waals surface area (Å²) >= 11 is 0. The van der Waals surface area contributed by atoms with Gasteiger partial charge in [-0.05, 0) is 18.1 Å². The van der Waals surface area contributed by atoms with Crippen LogP contribution in [0.5, 0.6) is 5.75 Å². The van der Waals surface area contributed by atoms with Gasteiger partial charge in [-0.3, -0.25) is 0 Å². The minimum atomic E-state index is 0.558. The van der Waals surface area contributed by atoms with Crippen molar-refractivity contribution >= 4 is 5.57 Å². The highest BCUT2D eigenvalue weighted by Crippen LogP contribution is 2.36. The summed E-state index contributed by atoms with van der Waals surface area (Å²) in [5, 5.41) is 0. The number of hydrogen-bond acceptors (Lipinski definition) is 1. The van der Waals surface area contributed by atoms with Crippen molar-refractivity contribution in [3.8, 4) is 5.75 Å². The van der Waals surface area contributed by atoms with E-state index in [4.69, 9.17) is 4.74 Å². The summed E-state index contributed by atoms with van der Waals surface area (Å²) in [7, 11) is 0. The van der Waals surface area contributed by atoms with Gasteiger partial charge in [0.05, 0.1) is 6.61 Å². The predicted molar refractivity (Wildman–Crippen MR) is 68.5 cm³/mol. The number of ether oxygens (including phenoxy) is 1. The zero-order valence-corrected chi connectivity index (χ0v) is 9.94. The Hall–Kier alpha value is -1.50. The average molecular weight is 214 g/mol. The molecule has 1 atom stereocenters. The molecule has 0 aromatic heterocycles. The van der Waals surface area contributed by atoms with Crippen molar-refractivity contribution in [2.45, 2.75) is 20.3 Å². The highest BCUT2D eigenvalue weighted by Gasteiger charge is 2.20. The van der Waals surface area contributed by atoms with Crippen LogP contribution in [0, 0.1) is 5.92 Å². The summed E-state index contributed by atoms with van der Waals surface area (Å²) in [6, 6.07) is 8.30. The van der Waals surface area contributed by atoms with E-state index in [1.54, 1.807) is 0 Å². The van der Waals surface area contributed by atoms with Crippen molar-refractivity contribution in [3.63, 3.8) is 0 Å². The molecule has 2 aliphatic rings. The van der Waals surface area contributed by atoms with E-state index in [0.717, 1.165) is 18.8 Å². The molecule has 1 unspecified atom stereocenters. The highest BCUT2D eigenvalue weighted by atomic mass is 16.5. The van der Waals surface area contributed by atoms with E-state index in [-0.39, 0.29) is 0 Å². The molecule has 1 aliphatic heterocycles. The van der Waals surface area contributed by atoms with E-state index < -0.39 is 0 Å². The Balaban J connectivity index is 0.000000457. The molecule has 1 aromatic carbocycles. The van der Waals surface area contributed by atoms with Gasteiger partial charge in [0.1, 0.15) is 5.75 Å². The summed E-state index contributed by atoms with van der Waals surface area (Å²) < 4.78 is 5.77. The molecular weight excluding hydrogens is 196 g/mol. The third-order valence-corrected chi connectivity index (χ3v) is 2.85. The molecule has 1 aromatic rings. The van der Waals surface area contributed by atoms with Gasteiger partial charge in [0.2, 0.25) is 0 Å². The number of benzene rings is 1. The molecular formula is C15H18O. The van der Waals surface area contributed by atoms with Gasteiger partial charge in [0.15, 0.2) is 0 Å². The molecule has 1 aliphatic carbocycles. The van der Waals surface area contributed by atoms with Gasteiger partial charge in [-0.25, -0.2) is 0 Å². The van der Waals surface area contributed by atoms with E-state index in [2.05, 4.69) is 36.4 Å². The van der Waals surface area contributed by atoms with Gasteiger partial charge >= 0.3 is 0 Å². The van der Waals surface area contributed by atoms with Crippen LogP contribution in [-0.4, -0.2) is 6.61 Å². The molecule has 0 fully saturated rings. The quantitative estimate of drug-likeness (QED) is 0.632. The first-order valence-electron chi connectivity index (χ1n) is 6.03. The fourth-order valence-electron chi connectivity index (χ4n) is 2.12. The molecule has 1 nitrogen and oxygen atoms in total. The van der Waals surface area contributed by atoms with Crippen LogP contribution >= 0.6 is 0 Å². The second-order valence-electron chi connectivity index (χ2n) is 3.85. The molecule has 2 bridgehead atoms. The maximum absolute atomic E-state index is 5.77. The van der Waals surface area contributed by atoms with Crippen LogP contribution in [0.3, 0.4) is 0 Å². The fourth-order valence-corrected chi connectivity index (χ4v) is 2.12. The number of hydrogen-bond donors (Lipinski definition) is 0.